The molecule has 0 saturated heterocycles. The highest BCUT2D eigenvalue weighted by atomic mass is 15.0. The first kappa shape index (κ1) is 9.27. The van der Waals surface area contributed by atoms with Crippen molar-refractivity contribution >= 4 is 5.69 Å². The van der Waals surface area contributed by atoms with Crippen LogP contribution in [-0.4, -0.2) is 21.5 Å². The lowest BCUT2D eigenvalue weighted by atomic mass is 10.0. The van der Waals surface area contributed by atoms with E-state index in [9.17, 15) is 0 Å². The molecule has 0 spiro atoms. The third-order valence-corrected chi connectivity index (χ3v) is 2.80. The Labute approximate surface area is 93.8 Å². The van der Waals surface area contributed by atoms with E-state index in [1.807, 2.05) is 6.07 Å². The van der Waals surface area contributed by atoms with Crippen LogP contribution in [0.25, 0.3) is 11.4 Å². The summed E-state index contributed by atoms with van der Waals surface area (Å²) in [6, 6.07) is 6.32. The Bertz CT molecular complexity index is 496. The first-order valence-electron chi connectivity index (χ1n) is 5.43. The van der Waals surface area contributed by atoms with E-state index in [1.165, 1.54) is 30.3 Å². The standard InChI is InChI=1S/C12H12N4/c1-2-9-6-10(3-4-11(9)14-5-1)12-15-7-13-8-16-12/h3-4,6-8,14H,1-2,5H2. The maximum absolute atomic E-state index is 4.16. The molecule has 1 aliphatic rings. The molecule has 1 N–H and O–H groups in total. The molecule has 2 aromatic rings. The maximum Gasteiger partial charge on any atom is 0.162 e. The number of rotatable bonds is 1. The second-order valence-corrected chi connectivity index (χ2v) is 3.86. The van der Waals surface area contributed by atoms with Gasteiger partial charge in [-0.1, -0.05) is 0 Å². The van der Waals surface area contributed by atoms with Gasteiger partial charge in [0.05, 0.1) is 0 Å². The summed E-state index contributed by atoms with van der Waals surface area (Å²) in [5.74, 6) is 0.739. The molecule has 0 bridgehead atoms. The topological polar surface area (TPSA) is 50.7 Å². The summed E-state index contributed by atoms with van der Waals surface area (Å²) in [6.07, 6.45) is 5.37. The predicted molar refractivity (Wildman–Crippen MR) is 62.1 cm³/mol. The van der Waals surface area contributed by atoms with Gasteiger partial charge in [-0.3, -0.25) is 0 Å². The Balaban J connectivity index is 2.03. The van der Waals surface area contributed by atoms with Crippen LogP contribution in [0.2, 0.25) is 0 Å². The third-order valence-electron chi connectivity index (χ3n) is 2.80. The van der Waals surface area contributed by atoms with Gasteiger partial charge in [0.15, 0.2) is 5.82 Å². The molecule has 1 aromatic heterocycles. The Hall–Kier alpha value is -1.97. The summed E-state index contributed by atoms with van der Waals surface area (Å²) < 4.78 is 0. The molecular formula is C12H12N4. The van der Waals surface area contributed by atoms with Crippen molar-refractivity contribution in [1.29, 1.82) is 0 Å². The number of nitrogens with zero attached hydrogens (tertiary/aromatic N) is 3. The van der Waals surface area contributed by atoms with E-state index < -0.39 is 0 Å². The molecule has 0 aliphatic carbocycles. The lowest BCUT2D eigenvalue weighted by Gasteiger charge is -2.18. The zero-order valence-electron chi connectivity index (χ0n) is 8.85. The summed E-state index contributed by atoms with van der Waals surface area (Å²) in [6.45, 7) is 1.07. The van der Waals surface area contributed by atoms with E-state index >= 15 is 0 Å². The second kappa shape index (κ2) is 3.89. The number of hydrogen-bond acceptors (Lipinski definition) is 4. The number of hydrogen-bond donors (Lipinski definition) is 1. The lowest BCUT2D eigenvalue weighted by Crippen LogP contribution is -2.11. The minimum Gasteiger partial charge on any atom is -0.385 e. The van der Waals surface area contributed by atoms with Gasteiger partial charge in [0, 0.05) is 17.8 Å². The minimum absolute atomic E-state index is 0.739. The number of nitrogens with one attached hydrogen (secondary N) is 1. The first-order valence-corrected chi connectivity index (χ1v) is 5.43. The van der Waals surface area contributed by atoms with Gasteiger partial charge in [0.25, 0.3) is 0 Å². The van der Waals surface area contributed by atoms with Crippen LogP contribution in [0.15, 0.2) is 30.9 Å². The van der Waals surface area contributed by atoms with E-state index in [-0.39, 0.29) is 0 Å². The van der Waals surface area contributed by atoms with Crippen molar-refractivity contribution in [2.75, 3.05) is 11.9 Å². The highest BCUT2D eigenvalue weighted by molar-refractivity contribution is 5.64. The largest absolute Gasteiger partial charge is 0.385 e. The van der Waals surface area contributed by atoms with Gasteiger partial charge < -0.3 is 5.32 Å². The van der Waals surface area contributed by atoms with Gasteiger partial charge in [-0.15, -0.1) is 0 Å². The van der Waals surface area contributed by atoms with Gasteiger partial charge in [-0.05, 0) is 36.6 Å². The highest BCUT2D eigenvalue weighted by Crippen LogP contribution is 2.26. The van der Waals surface area contributed by atoms with Gasteiger partial charge >= 0.3 is 0 Å². The summed E-state index contributed by atoms with van der Waals surface area (Å²) in [5.41, 5.74) is 3.65. The fourth-order valence-electron chi connectivity index (χ4n) is 2.00. The van der Waals surface area contributed by atoms with Crippen LogP contribution in [0.3, 0.4) is 0 Å². The molecule has 1 aliphatic heterocycles. The van der Waals surface area contributed by atoms with Gasteiger partial charge in [0.1, 0.15) is 12.7 Å². The molecule has 4 nitrogen and oxygen atoms in total. The smallest absolute Gasteiger partial charge is 0.162 e. The fourth-order valence-corrected chi connectivity index (χ4v) is 2.00. The van der Waals surface area contributed by atoms with Crippen LogP contribution in [0.5, 0.6) is 0 Å². The Morgan fingerprint density at radius 1 is 1.12 bits per heavy atom. The summed E-state index contributed by atoms with van der Waals surface area (Å²) >= 11 is 0. The monoisotopic (exact) mass is 212 g/mol. The predicted octanol–water partition coefficient (Wildman–Crippen LogP) is 1.90. The van der Waals surface area contributed by atoms with E-state index in [0.29, 0.717) is 0 Å². The van der Waals surface area contributed by atoms with Crippen molar-refractivity contribution in [3.63, 3.8) is 0 Å². The molecule has 2 heterocycles. The molecule has 0 unspecified atom stereocenters. The number of anilines is 1. The van der Waals surface area contributed by atoms with Crippen molar-refractivity contribution in [2.24, 2.45) is 0 Å². The summed E-state index contributed by atoms with van der Waals surface area (Å²) in [4.78, 5) is 12.1. The molecule has 0 radical (unpaired) electrons. The average Bonchev–Trinajstić information content (AvgIpc) is 2.39. The first-order chi connectivity index (χ1) is 7.93. The number of aryl methyl sites for hydroxylation is 1. The SMILES string of the molecule is c1ncnc(-c2ccc3c(c2)CCCN3)n1. The van der Waals surface area contributed by atoms with E-state index in [2.05, 4.69) is 32.4 Å². The lowest BCUT2D eigenvalue weighted by molar-refractivity contribution is 0.830. The number of aromatic nitrogens is 3. The molecular weight excluding hydrogens is 200 g/mol. The van der Waals surface area contributed by atoms with Gasteiger partial charge in [-0.2, -0.15) is 0 Å². The van der Waals surface area contributed by atoms with Gasteiger partial charge in [0.2, 0.25) is 0 Å². The van der Waals surface area contributed by atoms with Crippen LogP contribution in [0.1, 0.15) is 12.0 Å². The second-order valence-electron chi connectivity index (χ2n) is 3.86. The number of fused-ring (bicyclic) bond motifs is 1. The van der Waals surface area contributed by atoms with E-state index in [0.717, 1.165) is 24.4 Å². The molecule has 0 saturated carbocycles. The molecule has 0 amide bonds. The van der Waals surface area contributed by atoms with Crippen LogP contribution in [0, 0.1) is 0 Å². The molecule has 0 fully saturated rings. The normalized spacial score (nSPS) is 14.0. The summed E-state index contributed by atoms with van der Waals surface area (Å²) in [7, 11) is 0. The van der Waals surface area contributed by atoms with Crippen molar-refractivity contribution in [3.05, 3.63) is 36.4 Å². The zero-order valence-corrected chi connectivity index (χ0v) is 8.85. The van der Waals surface area contributed by atoms with Crippen LogP contribution < -0.4 is 5.32 Å². The van der Waals surface area contributed by atoms with Crippen molar-refractivity contribution in [2.45, 2.75) is 12.8 Å². The molecule has 1 aromatic carbocycles. The van der Waals surface area contributed by atoms with E-state index in [4.69, 9.17) is 0 Å². The van der Waals surface area contributed by atoms with Gasteiger partial charge in [-0.25, -0.2) is 15.0 Å². The maximum atomic E-state index is 4.16. The third kappa shape index (κ3) is 1.62. The van der Waals surface area contributed by atoms with Crippen LogP contribution in [0.4, 0.5) is 5.69 Å². The molecule has 80 valence electrons. The quantitative estimate of drug-likeness (QED) is 0.784. The molecule has 4 heteroatoms. The van der Waals surface area contributed by atoms with E-state index in [1.54, 1.807) is 0 Å². The Morgan fingerprint density at radius 3 is 2.88 bits per heavy atom. The molecule has 3 rings (SSSR count). The minimum atomic E-state index is 0.739. The summed E-state index contributed by atoms with van der Waals surface area (Å²) in [5, 5.41) is 3.39. The Morgan fingerprint density at radius 2 is 2.00 bits per heavy atom. The Kier molecular flexibility index (Phi) is 2.25. The van der Waals surface area contributed by atoms with Crippen LogP contribution in [-0.2, 0) is 6.42 Å². The zero-order chi connectivity index (χ0) is 10.8. The average molecular weight is 212 g/mol. The highest BCUT2D eigenvalue weighted by Gasteiger charge is 2.10. The number of benzene rings is 1. The fraction of sp³-hybridized carbons (Fsp3) is 0.250. The van der Waals surface area contributed by atoms with Crippen molar-refractivity contribution in [1.82, 2.24) is 15.0 Å². The van der Waals surface area contributed by atoms with Crippen molar-refractivity contribution < 1.29 is 0 Å². The molecule has 16 heavy (non-hydrogen) atoms. The van der Waals surface area contributed by atoms with Crippen LogP contribution >= 0.6 is 0 Å². The van der Waals surface area contributed by atoms with Crippen molar-refractivity contribution in [3.8, 4) is 11.4 Å². The molecule has 0 atom stereocenters.